The molecule has 0 fully saturated rings. The van der Waals surface area contributed by atoms with Gasteiger partial charge in [0, 0.05) is 0 Å². The van der Waals surface area contributed by atoms with Crippen molar-refractivity contribution < 1.29 is 9.53 Å². The quantitative estimate of drug-likeness (QED) is 0.650. The van der Waals surface area contributed by atoms with Crippen molar-refractivity contribution in [3.05, 3.63) is 35.9 Å². The van der Waals surface area contributed by atoms with Crippen molar-refractivity contribution in [1.82, 2.24) is 0 Å². The Morgan fingerprint density at radius 3 is 2.56 bits per heavy atom. The first-order valence-corrected chi connectivity index (χ1v) is 6.95. The van der Waals surface area contributed by atoms with Crippen LogP contribution in [0.3, 0.4) is 0 Å². The van der Waals surface area contributed by atoms with E-state index in [-0.39, 0.29) is 5.97 Å². The monoisotopic (exact) mass is 248 g/mol. The van der Waals surface area contributed by atoms with Gasteiger partial charge in [-0.1, -0.05) is 63.4 Å². The van der Waals surface area contributed by atoms with Gasteiger partial charge in [0.25, 0.3) is 0 Å². The number of esters is 1. The minimum absolute atomic E-state index is 0.115. The maximum absolute atomic E-state index is 11.7. The zero-order valence-corrected chi connectivity index (χ0v) is 11.5. The van der Waals surface area contributed by atoms with Crippen LogP contribution in [0.1, 0.15) is 45.1 Å². The Bertz CT molecular complexity index is 332. The van der Waals surface area contributed by atoms with Crippen molar-refractivity contribution in [2.75, 3.05) is 6.61 Å². The summed E-state index contributed by atoms with van der Waals surface area (Å²) >= 11 is 0. The Hall–Kier alpha value is -1.31. The van der Waals surface area contributed by atoms with E-state index in [1.54, 1.807) is 0 Å². The average Bonchev–Trinajstić information content (AvgIpc) is 2.40. The number of rotatable bonds is 8. The molecule has 1 atom stereocenters. The van der Waals surface area contributed by atoms with Crippen molar-refractivity contribution in [1.29, 1.82) is 0 Å². The normalized spacial score (nSPS) is 12.1. The number of unbranched alkanes of at least 4 members (excludes halogenated alkanes) is 1. The van der Waals surface area contributed by atoms with Gasteiger partial charge in [0.05, 0.1) is 13.0 Å². The highest BCUT2D eigenvalue weighted by atomic mass is 16.5. The van der Waals surface area contributed by atoms with E-state index in [1.807, 2.05) is 30.3 Å². The van der Waals surface area contributed by atoms with Gasteiger partial charge in [-0.25, -0.2) is 0 Å². The van der Waals surface area contributed by atoms with Crippen LogP contribution in [0.15, 0.2) is 30.3 Å². The predicted octanol–water partition coefficient (Wildman–Crippen LogP) is 3.99. The molecule has 2 heteroatoms. The molecule has 18 heavy (non-hydrogen) atoms. The maximum Gasteiger partial charge on any atom is 0.310 e. The summed E-state index contributed by atoms with van der Waals surface area (Å²) < 4.78 is 5.36. The number of benzene rings is 1. The van der Waals surface area contributed by atoms with Gasteiger partial charge >= 0.3 is 5.97 Å². The van der Waals surface area contributed by atoms with Gasteiger partial charge in [-0.3, -0.25) is 4.79 Å². The molecule has 0 aliphatic rings. The van der Waals surface area contributed by atoms with Crippen molar-refractivity contribution in [3.63, 3.8) is 0 Å². The third kappa shape index (κ3) is 5.85. The fourth-order valence-electron chi connectivity index (χ4n) is 1.92. The molecule has 0 amide bonds. The first kappa shape index (κ1) is 14.7. The lowest BCUT2D eigenvalue weighted by Gasteiger charge is -2.14. The van der Waals surface area contributed by atoms with E-state index < -0.39 is 0 Å². The molecule has 0 heterocycles. The molecule has 0 aliphatic heterocycles. The first-order valence-electron chi connectivity index (χ1n) is 6.95. The number of carbonyl (C=O) groups excluding carboxylic acids is 1. The van der Waals surface area contributed by atoms with E-state index in [1.165, 1.54) is 12.8 Å². The van der Waals surface area contributed by atoms with Gasteiger partial charge < -0.3 is 4.74 Å². The molecule has 0 saturated carbocycles. The maximum atomic E-state index is 11.7. The van der Waals surface area contributed by atoms with Crippen LogP contribution in [0.25, 0.3) is 0 Å². The molecule has 1 aromatic carbocycles. The van der Waals surface area contributed by atoms with E-state index in [0.717, 1.165) is 18.4 Å². The molecule has 0 spiro atoms. The highest BCUT2D eigenvalue weighted by Crippen LogP contribution is 2.13. The third-order valence-electron chi connectivity index (χ3n) is 3.21. The van der Waals surface area contributed by atoms with Crippen LogP contribution in [0.4, 0.5) is 0 Å². The molecule has 0 aliphatic carbocycles. The van der Waals surface area contributed by atoms with Gasteiger partial charge in [0.1, 0.15) is 0 Å². The summed E-state index contributed by atoms with van der Waals surface area (Å²) in [5.41, 5.74) is 1.02. The fraction of sp³-hybridized carbons (Fsp3) is 0.562. The second-order valence-electron chi connectivity index (χ2n) is 4.76. The van der Waals surface area contributed by atoms with Crippen molar-refractivity contribution in [2.45, 2.75) is 46.0 Å². The molecule has 0 bridgehead atoms. The fourth-order valence-corrected chi connectivity index (χ4v) is 1.92. The molecule has 0 unspecified atom stereocenters. The van der Waals surface area contributed by atoms with Crippen LogP contribution in [0.5, 0.6) is 0 Å². The summed E-state index contributed by atoms with van der Waals surface area (Å²) in [6, 6.07) is 9.75. The summed E-state index contributed by atoms with van der Waals surface area (Å²) in [5, 5.41) is 0. The smallest absolute Gasteiger partial charge is 0.310 e. The first-order chi connectivity index (χ1) is 8.76. The lowest BCUT2D eigenvalue weighted by Crippen LogP contribution is -2.15. The molecule has 0 N–H and O–H groups in total. The van der Waals surface area contributed by atoms with Gasteiger partial charge in [-0.2, -0.15) is 0 Å². The lowest BCUT2D eigenvalue weighted by atomic mass is 10.0. The highest BCUT2D eigenvalue weighted by molar-refractivity contribution is 5.72. The zero-order chi connectivity index (χ0) is 13.2. The molecule has 0 radical (unpaired) electrons. The molecule has 0 aromatic heterocycles. The number of ether oxygens (including phenoxy) is 1. The van der Waals surface area contributed by atoms with Crippen molar-refractivity contribution in [2.24, 2.45) is 5.92 Å². The minimum Gasteiger partial charge on any atom is -0.465 e. The van der Waals surface area contributed by atoms with Crippen molar-refractivity contribution >= 4 is 5.97 Å². The molecule has 0 saturated heterocycles. The Morgan fingerprint density at radius 2 is 1.94 bits per heavy atom. The molecule has 100 valence electrons. The molecule has 2 nitrogen and oxygen atoms in total. The summed E-state index contributed by atoms with van der Waals surface area (Å²) in [5.74, 6) is 0.404. The Balaban J connectivity index is 2.27. The number of hydrogen-bond acceptors (Lipinski definition) is 2. The van der Waals surface area contributed by atoms with Gasteiger partial charge in [0.15, 0.2) is 0 Å². The van der Waals surface area contributed by atoms with E-state index in [9.17, 15) is 4.79 Å². The zero-order valence-electron chi connectivity index (χ0n) is 11.5. The Labute approximate surface area is 110 Å². The van der Waals surface area contributed by atoms with Crippen molar-refractivity contribution in [3.8, 4) is 0 Å². The average molecular weight is 248 g/mol. The van der Waals surface area contributed by atoms with Crippen LogP contribution in [0.2, 0.25) is 0 Å². The second kappa shape index (κ2) is 8.73. The van der Waals surface area contributed by atoms with E-state index in [2.05, 4.69) is 13.8 Å². The van der Waals surface area contributed by atoms with Crippen LogP contribution < -0.4 is 0 Å². The summed E-state index contributed by atoms with van der Waals surface area (Å²) in [6.07, 6.45) is 5.04. The minimum atomic E-state index is -0.115. The van der Waals surface area contributed by atoms with Crippen LogP contribution in [0, 0.1) is 5.92 Å². The SMILES string of the molecule is CCCC[C@H](CC)COC(=O)Cc1ccccc1. The van der Waals surface area contributed by atoms with Crippen LogP contribution in [-0.4, -0.2) is 12.6 Å². The summed E-state index contributed by atoms with van der Waals surface area (Å²) in [6.45, 7) is 4.92. The number of hydrogen-bond donors (Lipinski definition) is 0. The Morgan fingerprint density at radius 1 is 1.22 bits per heavy atom. The standard InChI is InChI=1S/C16H24O2/c1-3-5-9-14(4-2)13-18-16(17)12-15-10-7-6-8-11-15/h6-8,10-11,14H,3-5,9,12-13H2,1-2H3/t14-/m0/s1. The van der Waals surface area contributed by atoms with Gasteiger partial charge in [0.2, 0.25) is 0 Å². The Kier molecular flexibility index (Phi) is 7.16. The highest BCUT2D eigenvalue weighted by Gasteiger charge is 2.10. The molecule has 1 rings (SSSR count). The van der Waals surface area contributed by atoms with Crippen LogP contribution >= 0.6 is 0 Å². The van der Waals surface area contributed by atoms with Crippen LogP contribution in [-0.2, 0) is 16.0 Å². The lowest BCUT2D eigenvalue weighted by molar-refractivity contribution is -0.144. The summed E-state index contributed by atoms with van der Waals surface area (Å²) in [4.78, 5) is 11.7. The molecular weight excluding hydrogens is 224 g/mol. The third-order valence-corrected chi connectivity index (χ3v) is 3.21. The van der Waals surface area contributed by atoms with E-state index >= 15 is 0 Å². The largest absolute Gasteiger partial charge is 0.465 e. The van der Waals surface area contributed by atoms with Gasteiger partial charge in [-0.15, -0.1) is 0 Å². The predicted molar refractivity (Wildman–Crippen MR) is 74.4 cm³/mol. The second-order valence-corrected chi connectivity index (χ2v) is 4.76. The topological polar surface area (TPSA) is 26.3 Å². The molecule has 1 aromatic rings. The number of carbonyl (C=O) groups is 1. The molecular formula is C16H24O2. The van der Waals surface area contributed by atoms with E-state index in [4.69, 9.17) is 4.74 Å². The van der Waals surface area contributed by atoms with E-state index in [0.29, 0.717) is 18.9 Å². The summed E-state index contributed by atoms with van der Waals surface area (Å²) in [7, 11) is 0. The van der Waals surface area contributed by atoms with Gasteiger partial charge in [-0.05, 0) is 17.9 Å².